The minimum atomic E-state index is -2.35. The maximum Gasteiger partial charge on any atom is 0.500 e. The lowest BCUT2D eigenvalue weighted by atomic mass is 10.0. The van der Waals surface area contributed by atoms with E-state index in [0.29, 0.717) is 5.57 Å². The molecular weight excluding hydrogens is 406 g/mol. The van der Waals surface area contributed by atoms with Crippen molar-refractivity contribution in [1.29, 1.82) is 0 Å². The topological polar surface area (TPSA) is 56.8 Å². The average molecular weight is 458 g/mol. The first-order chi connectivity index (χ1) is 15.0. The van der Waals surface area contributed by atoms with Crippen molar-refractivity contribution in [3.8, 4) is 0 Å². The molecule has 0 saturated carbocycles. The number of rotatable bonds is 23. The number of unbranched alkanes of at least 4 members (excludes halogenated alkanes) is 15. The molecule has 0 atom stereocenters. The smallest absolute Gasteiger partial charge is 0.377 e. The van der Waals surface area contributed by atoms with Gasteiger partial charge in [-0.3, -0.25) is 4.79 Å². The Morgan fingerprint density at radius 2 is 0.968 bits per heavy atom. The molecule has 1 amide bonds. The highest BCUT2D eigenvalue weighted by atomic mass is 28.4. The second-order valence-corrected chi connectivity index (χ2v) is 11.8. The van der Waals surface area contributed by atoms with Crippen molar-refractivity contribution in [2.24, 2.45) is 0 Å². The van der Waals surface area contributed by atoms with E-state index in [9.17, 15) is 4.79 Å². The second kappa shape index (κ2) is 21.2. The summed E-state index contributed by atoms with van der Waals surface area (Å²) in [5.74, 6) is -0.0135. The Balaban J connectivity index is 3.24. The molecule has 0 aliphatic heterocycles. The molecule has 0 heterocycles. The van der Waals surface area contributed by atoms with Gasteiger partial charge in [-0.25, -0.2) is 0 Å². The summed E-state index contributed by atoms with van der Waals surface area (Å²) in [4.78, 5) is 11.4. The van der Waals surface area contributed by atoms with E-state index in [-0.39, 0.29) is 5.91 Å². The Labute approximate surface area is 194 Å². The van der Waals surface area contributed by atoms with E-state index >= 15 is 0 Å². The summed E-state index contributed by atoms with van der Waals surface area (Å²) in [6.07, 6.45) is 21.0. The molecule has 0 rings (SSSR count). The summed E-state index contributed by atoms with van der Waals surface area (Å²) in [5.41, 5.74) is 0.594. The lowest BCUT2D eigenvalue weighted by molar-refractivity contribution is -0.117. The van der Waals surface area contributed by atoms with Gasteiger partial charge in [-0.2, -0.15) is 0 Å². The summed E-state index contributed by atoms with van der Waals surface area (Å²) in [6, 6.07) is 0.921. The van der Waals surface area contributed by atoms with Gasteiger partial charge in [-0.05, 0) is 19.8 Å². The molecule has 0 saturated heterocycles. The van der Waals surface area contributed by atoms with Gasteiger partial charge in [0.1, 0.15) is 0 Å². The van der Waals surface area contributed by atoms with E-state index < -0.39 is 8.80 Å². The van der Waals surface area contributed by atoms with Crippen LogP contribution < -0.4 is 5.32 Å². The van der Waals surface area contributed by atoms with Crippen molar-refractivity contribution < 1.29 is 18.1 Å². The van der Waals surface area contributed by atoms with Gasteiger partial charge in [0.15, 0.2) is 0 Å². The zero-order valence-corrected chi connectivity index (χ0v) is 22.1. The van der Waals surface area contributed by atoms with Crippen molar-refractivity contribution in [3.63, 3.8) is 0 Å². The third kappa shape index (κ3) is 17.5. The van der Waals surface area contributed by atoms with Crippen LogP contribution in [0.1, 0.15) is 110 Å². The van der Waals surface area contributed by atoms with Crippen LogP contribution >= 0.6 is 0 Å². The predicted octanol–water partition coefficient (Wildman–Crippen LogP) is 6.80. The van der Waals surface area contributed by atoms with Gasteiger partial charge >= 0.3 is 8.80 Å². The van der Waals surface area contributed by atoms with Gasteiger partial charge in [0.2, 0.25) is 5.91 Å². The van der Waals surface area contributed by atoms with Crippen molar-refractivity contribution >= 4 is 14.7 Å². The van der Waals surface area contributed by atoms with Crippen molar-refractivity contribution in [3.05, 3.63) is 12.2 Å². The fraction of sp³-hybridized carbons (Fsp3) is 0.880. The van der Waals surface area contributed by atoms with Crippen LogP contribution in [0.25, 0.3) is 0 Å². The maximum absolute atomic E-state index is 11.4. The molecule has 0 unspecified atom stereocenters. The zero-order valence-electron chi connectivity index (χ0n) is 21.1. The van der Waals surface area contributed by atoms with Crippen molar-refractivity contribution in [1.82, 2.24) is 5.32 Å². The van der Waals surface area contributed by atoms with Gasteiger partial charge in [0.05, 0.1) is 0 Å². The van der Waals surface area contributed by atoms with Gasteiger partial charge in [-0.15, -0.1) is 0 Å². The molecule has 0 bridgehead atoms. The molecule has 1 N–H and O–H groups in total. The van der Waals surface area contributed by atoms with Crippen LogP contribution in [-0.4, -0.2) is 42.6 Å². The first-order valence-electron chi connectivity index (χ1n) is 12.6. The molecule has 6 heteroatoms. The SMILES string of the molecule is C=C(C)C(=O)NCCCCCCCCCCCCCCCCCC[Si](OC)(OC)OC. The standard InChI is InChI=1S/C25H51NO4Si/c1-24(2)25(27)26-22-20-18-16-14-12-10-8-6-7-9-11-13-15-17-19-21-23-31(28-3,29-4)30-5/h1,6-23H2,2-5H3,(H,26,27). The fourth-order valence-corrected chi connectivity index (χ4v) is 5.65. The first kappa shape index (κ1) is 30.3. The van der Waals surface area contributed by atoms with Gasteiger partial charge in [0, 0.05) is 39.5 Å². The monoisotopic (exact) mass is 457 g/mol. The van der Waals surface area contributed by atoms with Crippen LogP contribution in [0.3, 0.4) is 0 Å². The number of carbonyl (C=O) groups excluding carboxylic acids is 1. The molecule has 0 fully saturated rings. The minimum absolute atomic E-state index is 0.0135. The summed E-state index contributed by atoms with van der Waals surface area (Å²) in [7, 11) is 2.72. The van der Waals surface area contributed by atoms with E-state index in [1.165, 1.54) is 89.9 Å². The highest BCUT2D eigenvalue weighted by Crippen LogP contribution is 2.19. The normalized spacial score (nSPS) is 11.6. The molecule has 31 heavy (non-hydrogen) atoms. The van der Waals surface area contributed by atoms with Crippen LogP contribution in [0.15, 0.2) is 12.2 Å². The Morgan fingerprint density at radius 3 is 1.29 bits per heavy atom. The lowest BCUT2D eigenvalue weighted by Crippen LogP contribution is -2.42. The van der Waals surface area contributed by atoms with Crippen molar-refractivity contribution in [2.75, 3.05) is 27.9 Å². The summed E-state index contributed by atoms with van der Waals surface area (Å²) in [5, 5.41) is 2.90. The van der Waals surface area contributed by atoms with Crippen LogP contribution in [0.2, 0.25) is 6.04 Å². The van der Waals surface area contributed by atoms with Crippen LogP contribution in [0.5, 0.6) is 0 Å². The molecule has 0 aliphatic rings. The molecule has 184 valence electrons. The first-order valence-corrected chi connectivity index (χ1v) is 14.5. The molecule has 0 aromatic carbocycles. The number of nitrogens with one attached hydrogen (secondary N) is 1. The van der Waals surface area contributed by atoms with Crippen LogP contribution in [0, 0.1) is 0 Å². The molecule has 0 radical (unpaired) electrons. The van der Waals surface area contributed by atoms with E-state index in [2.05, 4.69) is 11.9 Å². The summed E-state index contributed by atoms with van der Waals surface area (Å²) >= 11 is 0. The van der Waals surface area contributed by atoms with E-state index in [4.69, 9.17) is 13.3 Å². The summed E-state index contributed by atoms with van der Waals surface area (Å²) in [6.45, 7) is 6.18. The molecule has 5 nitrogen and oxygen atoms in total. The van der Waals surface area contributed by atoms with Crippen LogP contribution in [-0.2, 0) is 18.1 Å². The Morgan fingerprint density at radius 1 is 0.645 bits per heavy atom. The lowest BCUT2D eigenvalue weighted by Gasteiger charge is -2.24. The average Bonchev–Trinajstić information content (AvgIpc) is 2.78. The number of carbonyl (C=O) groups is 1. The number of hydrogen-bond acceptors (Lipinski definition) is 4. The number of hydrogen-bond donors (Lipinski definition) is 1. The Kier molecular flexibility index (Phi) is 20.7. The zero-order chi connectivity index (χ0) is 23.2. The van der Waals surface area contributed by atoms with E-state index in [1.807, 2.05) is 0 Å². The third-order valence-electron chi connectivity index (χ3n) is 6.02. The molecule has 0 aromatic rings. The number of amides is 1. The highest BCUT2D eigenvalue weighted by Gasteiger charge is 2.36. The van der Waals surface area contributed by atoms with E-state index in [0.717, 1.165) is 25.4 Å². The Hall–Kier alpha value is -0.693. The van der Waals surface area contributed by atoms with Gasteiger partial charge < -0.3 is 18.6 Å². The minimum Gasteiger partial charge on any atom is -0.377 e. The molecule has 0 aliphatic carbocycles. The quantitative estimate of drug-likeness (QED) is 0.104. The van der Waals surface area contributed by atoms with Gasteiger partial charge in [0.25, 0.3) is 0 Å². The fourth-order valence-electron chi connectivity index (χ4n) is 3.85. The molecule has 0 spiro atoms. The largest absolute Gasteiger partial charge is 0.500 e. The molecule has 0 aromatic heterocycles. The van der Waals surface area contributed by atoms with E-state index in [1.54, 1.807) is 28.3 Å². The van der Waals surface area contributed by atoms with Crippen LogP contribution in [0.4, 0.5) is 0 Å². The predicted molar refractivity (Wildman–Crippen MR) is 133 cm³/mol. The highest BCUT2D eigenvalue weighted by molar-refractivity contribution is 6.60. The Bertz CT molecular complexity index is 433. The third-order valence-corrected chi connectivity index (χ3v) is 8.85. The maximum atomic E-state index is 11.4. The molecular formula is C25H51NO4Si. The van der Waals surface area contributed by atoms with Gasteiger partial charge in [-0.1, -0.05) is 96.5 Å². The van der Waals surface area contributed by atoms with Crippen molar-refractivity contribution in [2.45, 2.75) is 116 Å². The summed E-state index contributed by atoms with van der Waals surface area (Å²) < 4.78 is 16.4. The second-order valence-electron chi connectivity index (χ2n) is 8.74.